The van der Waals surface area contributed by atoms with Crippen molar-refractivity contribution in [3.63, 3.8) is 0 Å². The van der Waals surface area contributed by atoms with Crippen LogP contribution < -0.4 is 20.3 Å². The highest BCUT2D eigenvalue weighted by molar-refractivity contribution is 5.99. The molecule has 0 radical (unpaired) electrons. The number of benzene rings is 2. The molecule has 0 aliphatic carbocycles. The summed E-state index contributed by atoms with van der Waals surface area (Å²) in [6.45, 7) is 3.14. The third kappa shape index (κ3) is 4.22. The van der Waals surface area contributed by atoms with E-state index in [1.165, 1.54) is 31.9 Å². The van der Waals surface area contributed by atoms with Gasteiger partial charge in [0, 0.05) is 7.05 Å². The summed E-state index contributed by atoms with van der Waals surface area (Å²) in [6.07, 6.45) is -1.16. The maximum Gasteiger partial charge on any atom is 0.342 e. The lowest BCUT2D eigenvalue weighted by Gasteiger charge is -2.15. The van der Waals surface area contributed by atoms with E-state index in [0.717, 1.165) is 0 Å². The van der Waals surface area contributed by atoms with Gasteiger partial charge >= 0.3 is 5.97 Å². The molecule has 1 amide bonds. The number of nitrogens with zero attached hydrogens (tertiary/aromatic N) is 2. The molecule has 1 N–H and O–H groups in total. The molecule has 0 spiro atoms. The summed E-state index contributed by atoms with van der Waals surface area (Å²) in [5.41, 5.74) is 1.06. The monoisotopic (exact) mass is 439 g/mol. The molecular weight excluding hydrogens is 414 g/mol. The molecule has 0 bridgehead atoms. The van der Waals surface area contributed by atoms with Crippen LogP contribution in [0.1, 0.15) is 23.0 Å². The number of hydrogen-bond donors (Lipinski definition) is 1. The lowest BCUT2D eigenvalue weighted by molar-refractivity contribution is -0.123. The van der Waals surface area contributed by atoms with Gasteiger partial charge in [0.05, 0.1) is 25.6 Å². The van der Waals surface area contributed by atoms with Crippen molar-refractivity contribution in [1.29, 1.82) is 0 Å². The summed E-state index contributed by atoms with van der Waals surface area (Å²) in [4.78, 5) is 38.3. The molecule has 0 saturated heterocycles. The zero-order valence-electron chi connectivity index (χ0n) is 18.5. The van der Waals surface area contributed by atoms with Crippen molar-refractivity contribution in [3.05, 3.63) is 70.1 Å². The van der Waals surface area contributed by atoms with E-state index in [-0.39, 0.29) is 17.0 Å². The lowest BCUT2D eigenvalue weighted by atomic mass is 10.2. The average molecular weight is 439 g/mol. The number of amides is 1. The van der Waals surface area contributed by atoms with E-state index in [2.05, 4.69) is 5.32 Å². The number of carbonyl (C=O) groups is 2. The molecule has 0 aliphatic heterocycles. The molecule has 0 fully saturated rings. The highest BCUT2D eigenvalue weighted by atomic mass is 16.6. The Bertz CT molecular complexity index is 1200. The zero-order chi connectivity index (χ0) is 23.4. The Hall–Kier alpha value is -4.01. The second kappa shape index (κ2) is 9.42. The first kappa shape index (κ1) is 22.7. The van der Waals surface area contributed by atoms with Crippen LogP contribution in [0.3, 0.4) is 0 Å². The van der Waals surface area contributed by atoms with E-state index in [4.69, 9.17) is 14.2 Å². The number of rotatable bonds is 7. The van der Waals surface area contributed by atoms with Gasteiger partial charge in [-0.05, 0) is 38.1 Å². The highest BCUT2D eigenvalue weighted by Gasteiger charge is 2.25. The maximum atomic E-state index is 13.0. The Morgan fingerprint density at radius 1 is 1.00 bits per heavy atom. The smallest absolute Gasteiger partial charge is 0.342 e. The van der Waals surface area contributed by atoms with Gasteiger partial charge in [-0.1, -0.05) is 24.3 Å². The number of carbonyl (C=O) groups excluding carboxylic acids is 2. The van der Waals surface area contributed by atoms with E-state index >= 15 is 0 Å². The van der Waals surface area contributed by atoms with Gasteiger partial charge < -0.3 is 19.5 Å². The number of esters is 1. The fourth-order valence-corrected chi connectivity index (χ4v) is 3.26. The molecule has 9 nitrogen and oxygen atoms in total. The number of ether oxygens (including phenoxy) is 3. The molecule has 3 rings (SSSR count). The average Bonchev–Trinajstić information content (AvgIpc) is 3.01. The number of para-hydroxylation sites is 2. The largest absolute Gasteiger partial charge is 0.493 e. The van der Waals surface area contributed by atoms with Crippen molar-refractivity contribution >= 4 is 17.6 Å². The predicted octanol–water partition coefficient (Wildman–Crippen LogP) is 2.69. The van der Waals surface area contributed by atoms with Crippen molar-refractivity contribution < 1.29 is 23.8 Å². The minimum atomic E-state index is -1.16. The number of hydrogen-bond acceptors (Lipinski definition) is 6. The van der Waals surface area contributed by atoms with Crippen molar-refractivity contribution in [2.45, 2.75) is 20.0 Å². The molecule has 168 valence electrons. The van der Waals surface area contributed by atoms with E-state index in [1.807, 2.05) is 18.2 Å². The molecule has 0 aliphatic rings. The van der Waals surface area contributed by atoms with Crippen LogP contribution in [0.4, 0.5) is 5.69 Å². The summed E-state index contributed by atoms with van der Waals surface area (Å²) in [5.74, 6) is -0.821. The molecule has 32 heavy (non-hydrogen) atoms. The molecule has 0 saturated carbocycles. The quantitative estimate of drug-likeness (QED) is 0.568. The molecule has 1 heterocycles. The third-order valence-electron chi connectivity index (χ3n) is 5.08. The molecule has 9 heteroatoms. The van der Waals surface area contributed by atoms with Crippen LogP contribution in [0, 0.1) is 6.92 Å². The lowest BCUT2D eigenvalue weighted by Crippen LogP contribution is -2.32. The Balaban J connectivity index is 1.80. The minimum Gasteiger partial charge on any atom is -0.493 e. The van der Waals surface area contributed by atoms with Crippen LogP contribution in [0.25, 0.3) is 5.69 Å². The molecule has 1 aromatic heterocycles. The fourth-order valence-electron chi connectivity index (χ4n) is 3.26. The van der Waals surface area contributed by atoms with Gasteiger partial charge in [0.15, 0.2) is 17.6 Å². The van der Waals surface area contributed by atoms with Crippen LogP contribution >= 0.6 is 0 Å². The second-order valence-corrected chi connectivity index (χ2v) is 7.01. The van der Waals surface area contributed by atoms with E-state index in [0.29, 0.717) is 17.1 Å². The molecule has 2 aromatic carbocycles. The molecule has 3 aromatic rings. The van der Waals surface area contributed by atoms with Crippen LogP contribution in [0.5, 0.6) is 11.5 Å². The predicted molar refractivity (Wildman–Crippen MR) is 119 cm³/mol. The second-order valence-electron chi connectivity index (χ2n) is 7.01. The zero-order valence-corrected chi connectivity index (χ0v) is 18.5. The Labute approximate surface area is 185 Å². The SMILES string of the molecule is COc1cccc(C(=O)OC(C)C(=O)Nc2c(C)n(C)n(-c3ccccc3)c2=O)c1OC. The summed E-state index contributed by atoms with van der Waals surface area (Å²) < 4.78 is 18.8. The summed E-state index contributed by atoms with van der Waals surface area (Å²) in [7, 11) is 4.58. The van der Waals surface area contributed by atoms with E-state index in [1.54, 1.807) is 42.9 Å². The first-order valence-electron chi connectivity index (χ1n) is 9.87. The minimum absolute atomic E-state index is 0.114. The number of aromatic nitrogens is 2. The molecular formula is C23H25N3O6. The van der Waals surface area contributed by atoms with E-state index in [9.17, 15) is 14.4 Å². The Kier molecular flexibility index (Phi) is 6.67. The number of methoxy groups -OCH3 is 2. The van der Waals surface area contributed by atoms with E-state index < -0.39 is 23.5 Å². The third-order valence-corrected chi connectivity index (χ3v) is 5.08. The van der Waals surface area contributed by atoms with Gasteiger partial charge in [-0.3, -0.25) is 14.3 Å². The summed E-state index contributed by atoms with van der Waals surface area (Å²) >= 11 is 0. The van der Waals surface area contributed by atoms with Gasteiger partial charge in [-0.2, -0.15) is 0 Å². The van der Waals surface area contributed by atoms with Crippen LogP contribution in [-0.4, -0.2) is 41.6 Å². The molecule has 1 atom stereocenters. The Morgan fingerprint density at radius 2 is 1.69 bits per heavy atom. The fraction of sp³-hybridized carbons (Fsp3) is 0.261. The van der Waals surface area contributed by atoms with Crippen LogP contribution in [0.2, 0.25) is 0 Å². The standard InChI is InChI=1S/C23H25N3O6/c1-14-19(22(28)26(25(14)3)16-10-7-6-8-11-16)24-21(27)15(2)32-23(29)17-12-9-13-18(30-4)20(17)31-5/h6-13,15H,1-5H3,(H,24,27). The van der Waals surface area contributed by atoms with Crippen molar-refractivity contribution in [2.75, 3.05) is 19.5 Å². The van der Waals surface area contributed by atoms with Gasteiger partial charge in [-0.15, -0.1) is 0 Å². The van der Waals surface area contributed by atoms with Crippen LogP contribution in [0.15, 0.2) is 53.3 Å². The van der Waals surface area contributed by atoms with Gasteiger partial charge in [0.25, 0.3) is 11.5 Å². The normalized spacial score (nSPS) is 11.5. The topological polar surface area (TPSA) is 101 Å². The summed E-state index contributed by atoms with van der Waals surface area (Å²) in [6, 6.07) is 13.8. The van der Waals surface area contributed by atoms with Crippen molar-refractivity contribution in [1.82, 2.24) is 9.36 Å². The first-order chi connectivity index (χ1) is 15.3. The van der Waals surface area contributed by atoms with Crippen LogP contribution in [-0.2, 0) is 16.6 Å². The highest BCUT2D eigenvalue weighted by Crippen LogP contribution is 2.31. The van der Waals surface area contributed by atoms with Crippen molar-refractivity contribution in [2.24, 2.45) is 7.05 Å². The number of nitrogens with one attached hydrogen (secondary N) is 1. The van der Waals surface area contributed by atoms with Gasteiger partial charge in [-0.25, -0.2) is 9.48 Å². The van der Waals surface area contributed by atoms with Crippen molar-refractivity contribution in [3.8, 4) is 17.2 Å². The molecule has 1 unspecified atom stereocenters. The maximum absolute atomic E-state index is 13.0. The first-order valence-corrected chi connectivity index (χ1v) is 9.87. The number of anilines is 1. The van der Waals surface area contributed by atoms with Gasteiger partial charge in [0.1, 0.15) is 11.3 Å². The van der Waals surface area contributed by atoms with Gasteiger partial charge in [0.2, 0.25) is 0 Å². The summed E-state index contributed by atoms with van der Waals surface area (Å²) in [5, 5.41) is 2.59. The Morgan fingerprint density at radius 3 is 2.31 bits per heavy atom.